The number of hydrogen-bond donors (Lipinski definition) is 1. The van der Waals surface area contributed by atoms with Crippen LogP contribution in [0, 0.1) is 0 Å². The molecule has 0 aromatic heterocycles. The minimum atomic E-state index is 0.00999. The first-order chi connectivity index (χ1) is 12.3. The van der Waals surface area contributed by atoms with E-state index in [4.69, 9.17) is 9.47 Å². The Morgan fingerprint density at radius 1 is 1.04 bits per heavy atom. The number of benzene rings is 2. The molecule has 0 unspecified atom stereocenters. The fourth-order valence-electron chi connectivity index (χ4n) is 2.74. The SMILES string of the molecule is O=C(CCCOc1ccccc1)Nc1ccc(N2CCOCC2)cc1. The van der Waals surface area contributed by atoms with E-state index in [2.05, 4.69) is 10.2 Å². The molecule has 0 saturated carbocycles. The highest BCUT2D eigenvalue weighted by atomic mass is 16.5. The summed E-state index contributed by atoms with van der Waals surface area (Å²) in [6.07, 6.45) is 1.13. The standard InChI is InChI=1S/C20H24N2O3/c23-20(7-4-14-25-19-5-2-1-3-6-19)21-17-8-10-18(11-9-17)22-12-15-24-16-13-22/h1-3,5-6,8-11H,4,7,12-16H2,(H,21,23). The van der Waals surface area contributed by atoms with E-state index in [-0.39, 0.29) is 5.91 Å². The molecule has 1 aliphatic heterocycles. The van der Waals surface area contributed by atoms with Crippen molar-refractivity contribution in [3.63, 3.8) is 0 Å². The van der Waals surface area contributed by atoms with Crippen LogP contribution in [0.1, 0.15) is 12.8 Å². The van der Waals surface area contributed by atoms with E-state index in [0.717, 1.165) is 43.4 Å². The number of anilines is 2. The molecular formula is C20H24N2O3. The van der Waals surface area contributed by atoms with Crippen LogP contribution in [-0.4, -0.2) is 38.8 Å². The summed E-state index contributed by atoms with van der Waals surface area (Å²) >= 11 is 0. The molecule has 0 aliphatic carbocycles. The number of nitrogens with one attached hydrogen (secondary N) is 1. The van der Waals surface area contributed by atoms with Crippen molar-refractivity contribution in [3.05, 3.63) is 54.6 Å². The quantitative estimate of drug-likeness (QED) is 0.786. The van der Waals surface area contributed by atoms with Crippen LogP contribution in [0.25, 0.3) is 0 Å². The first-order valence-corrected chi connectivity index (χ1v) is 8.72. The van der Waals surface area contributed by atoms with E-state index in [0.29, 0.717) is 19.4 Å². The van der Waals surface area contributed by atoms with Crippen LogP contribution in [0.3, 0.4) is 0 Å². The number of nitrogens with zero attached hydrogens (tertiary/aromatic N) is 1. The maximum absolute atomic E-state index is 12.0. The Hall–Kier alpha value is -2.53. The fraction of sp³-hybridized carbons (Fsp3) is 0.350. The van der Waals surface area contributed by atoms with Gasteiger partial charge in [0, 0.05) is 30.9 Å². The van der Waals surface area contributed by atoms with Crippen LogP contribution >= 0.6 is 0 Å². The average Bonchev–Trinajstić information content (AvgIpc) is 2.67. The normalized spacial score (nSPS) is 14.2. The van der Waals surface area contributed by atoms with Gasteiger partial charge in [0.1, 0.15) is 5.75 Å². The molecule has 1 fully saturated rings. The summed E-state index contributed by atoms with van der Waals surface area (Å²) in [5.74, 6) is 0.845. The number of para-hydroxylation sites is 1. The summed E-state index contributed by atoms with van der Waals surface area (Å²) in [6.45, 7) is 3.89. The molecule has 0 radical (unpaired) electrons. The van der Waals surface area contributed by atoms with E-state index < -0.39 is 0 Å². The van der Waals surface area contributed by atoms with Crippen molar-refractivity contribution in [2.75, 3.05) is 43.1 Å². The Kier molecular flexibility index (Phi) is 6.29. The van der Waals surface area contributed by atoms with Gasteiger partial charge in [-0.3, -0.25) is 4.79 Å². The van der Waals surface area contributed by atoms with Crippen molar-refractivity contribution >= 4 is 17.3 Å². The minimum Gasteiger partial charge on any atom is -0.494 e. The first kappa shape index (κ1) is 17.3. The minimum absolute atomic E-state index is 0.00999. The molecule has 132 valence electrons. The Labute approximate surface area is 148 Å². The highest BCUT2D eigenvalue weighted by Gasteiger charge is 2.11. The van der Waals surface area contributed by atoms with Gasteiger partial charge < -0.3 is 19.7 Å². The van der Waals surface area contributed by atoms with Crippen LogP contribution in [0.2, 0.25) is 0 Å². The summed E-state index contributed by atoms with van der Waals surface area (Å²) in [5, 5.41) is 2.93. The van der Waals surface area contributed by atoms with Gasteiger partial charge in [-0.05, 0) is 42.8 Å². The number of hydrogen-bond acceptors (Lipinski definition) is 4. The third-order valence-electron chi connectivity index (χ3n) is 4.09. The van der Waals surface area contributed by atoms with E-state index >= 15 is 0 Å². The van der Waals surface area contributed by atoms with Crippen molar-refractivity contribution in [2.45, 2.75) is 12.8 Å². The predicted octanol–water partition coefficient (Wildman–Crippen LogP) is 3.32. The van der Waals surface area contributed by atoms with Gasteiger partial charge in [-0.15, -0.1) is 0 Å². The zero-order valence-electron chi connectivity index (χ0n) is 14.3. The van der Waals surface area contributed by atoms with Gasteiger partial charge >= 0.3 is 0 Å². The molecule has 5 nitrogen and oxygen atoms in total. The molecule has 3 rings (SSSR count). The van der Waals surface area contributed by atoms with Crippen molar-refractivity contribution in [2.24, 2.45) is 0 Å². The monoisotopic (exact) mass is 340 g/mol. The first-order valence-electron chi connectivity index (χ1n) is 8.72. The van der Waals surface area contributed by atoms with E-state index in [9.17, 15) is 4.79 Å². The van der Waals surface area contributed by atoms with Crippen molar-refractivity contribution in [1.82, 2.24) is 0 Å². The number of morpholine rings is 1. The van der Waals surface area contributed by atoms with Crippen molar-refractivity contribution in [3.8, 4) is 5.75 Å². The lowest BCUT2D eigenvalue weighted by Crippen LogP contribution is -2.36. The van der Waals surface area contributed by atoms with Crippen LogP contribution in [0.15, 0.2) is 54.6 Å². The molecule has 1 N–H and O–H groups in total. The second kappa shape index (κ2) is 9.08. The molecule has 2 aromatic carbocycles. The van der Waals surface area contributed by atoms with Crippen LogP contribution in [0.5, 0.6) is 5.75 Å². The number of rotatable bonds is 7. The van der Waals surface area contributed by atoms with Gasteiger partial charge in [-0.2, -0.15) is 0 Å². The maximum Gasteiger partial charge on any atom is 0.224 e. The van der Waals surface area contributed by atoms with Crippen molar-refractivity contribution < 1.29 is 14.3 Å². The molecule has 5 heteroatoms. The molecule has 0 atom stereocenters. The largest absolute Gasteiger partial charge is 0.494 e. The zero-order valence-corrected chi connectivity index (χ0v) is 14.3. The topological polar surface area (TPSA) is 50.8 Å². The lowest BCUT2D eigenvalue weighted by molar-refractivity contribution is -0.116. The molecule has 25 heavy (non-hydrogen) atoms. The van der Waals surface area contributed by atoms with Crippen LogP contribution in [-0.2, 0) is 9.53 Å². The van der Waals surface area contributed by atoms with Gasteiger partial charge in [0.15, 0.2) is 0 Å². The summed E-state index contributed by atoms with van der Waals surface area (Å²) in [4.78, 5) is 14.3. The Morgan fingerprint density at radius 2 is 1.76 bits per heavy atom. The molecule has 1 heterocycles. The number of amides is 1. The summed E-state index contributed by atoms with van der Waals surface area (Å²) in [6, 6.07) is 17.6. The molecule has 0 spiro atoms. The smallest absolute Gasteiger partial charge is 0.224 e. The summed E-state index contributed by atoms with van der Waals surface area (Å²) in [7, 11) is 0. The second-order valence-electron chi connectivity index (χ2n) is 5.96. The average molecular weight is 340 g/mol. The van der Waals surface area contributed by atoms with Gasteiger partial charge in [0.25, 0.3) is 0 Å². The molecule has 1 aliphatic rings. The van der Waals surface area contributed by atoms with Gasteiger partial charge in [-0.1, -0.05) is 18.2 Å². The summed E-state index contributed by atoms with van der Waals surface area (Å²) < 4.78 is 11.0. The van der Waals surface area contributed by atoms with Crippen LogP contribution < -0.4 is 15.0 Å². The van der Waals surface area contributed by atoms with Gasteiger partial charge in [0.2, 0.25) is 5.91 Å². The van der Waals surface area contributed by atoms with E-state index in [1.807, 2.05) is 54.6 Å². The Bertz CT molecular complexity index is 652. The van der Waals surface area contributed by atoms with E-state index in [1.54, 1.807) is 0 Å². The maximum atomic E-state index is 12.0. The predicted molar refractivity (Wildman–Crippen MR) is 99.3 cm³/mol. The molecule has 1 amide bonds. The lowest BCUT2D eigenvalue weighted by Gasteiger charge is -2.28. The molecule has 2 aromatic rings. The third-order valence-corrected chi connectivity index (χ3v) is 4.09. The zero-order chi connectivity index (χ0) is 17.3. The van der Waals surface area contributed by atoms with Crippen molar-refractivity contribution in [1.29, 1.82) is 0 Å². The number of carbonyl (C=O) groups is 1. The lowest BCUT2D eigenvalue weighted by atomic mass is 10.2. The highest BCUT2D eigenvalue weighted by Crippen LogP contribution is 2.19. The third kappa shape index (κ3) is 5.50. The fourth-order valence-corrected chi connectivity index (χ4v) is 2.74. The number of ether oxygens (including phenoxy) is 2. The van der Waals surface area contributed by atoms with Gasteiger partial charge in [0.05, 0.1) is 19.8 Å². The Balaban J connectivity index is 1.38. The van der Waals surface area contributed by atoms with E-state index in [1.165, 1.54) is 0 Å². The molecule has 1 saturated heterocycles. The molecular weight excluding hydrogens is 316 g/mol. The second-order valence-corrected chi connectivity index (χ2v) is 5.96. The highest BCUT2D eigenvalue weighted by molar-refractivity contribution is 5.90. The molecule has 0 bridgehead atoms. The number of carbonyl (C=O) groups excluding carboxylic acids is 1. The summed E-state index contributed by atoms with van der Waals surface area (Å²) in [5.41, 5.74) is 1.99. The van der Waals surface area contributed by atoms with Crippen LogP contribution in [0.4, 0.5) is 11.4 Å². The van der Waals surface area contributed by atoms with Gasteiger partial charge in [-0.25, -0.2) is 0 Å². The Morgan fingerprint density at radius 3 is 2.48 bits per heavy atom.